The van der Waals surface area contributed by atoms with Gasteiger partial charge in [-0.1, -0.05) is 0 Å². The van der Waals surface area contributed by atoms with E-state index in [1.165, 1.54) is 11.8 Å². The lowest BCUT2D eigenvalue weighted by Gasteiger charge is -2.24. The Hall–Kier alpha value is -3.07. The Morgan fingerprint density at radius 2 is 1.69 bits per heavy atom. The molecule has 14 nitrogen and oxygen atoms in total. The van der Waals surface area contributed by atoms with Crippen LogP contribution in [0.4, 0.5) is 0 Å². The highest BCUT2D eigenvalue weighted by Gasteiger charge is 2.32. The first kappa shape index (κ1) is 30.0. The Labute approximate surface area is 208 Å². The van der Waals surface area contributed by atoms with Crippen LogP contribution in [-0.4, -0.2) is 89.9 Å². The lowest BCUT2D eigenvalue weighted by molar-refractivity contribution is -0.142. The predicted octanol–water partition coefficient (Wildman–Crippen LogP) is -3.04. The SMILES string of the molecule is CSCCC(NC(=O)C(CC(N)=O)NC(=O)C(CCCN=C(N)N)NC(=O)C1CCCN1)C(=O)O. The van der Waals surface area contributed by atoms with Crippen LogP contribution in [-0.2, 0) is 24.0 Å². The third kappa shape index (κ3) is 11.8. The van der Waals surface area contributed by atoms with E-state index in [-0.39, 0.29) is 31.3 Å². The number of nitrogens with zero attached hydrogens (tertiary/aromatic N) is 1. The second-order valence-corrected chi connectivity index (χ2v) is 9.06. The zero-order valence-corrected chi connectivity index (χ0v) is 20.6. The first-order valence-electron chi connectivity index (χ1n) is 11.2. The van der Waals surface area contributed by atoms with Crippen molar-refractivity contribution in [1.29, 1.82) is 0 Å². The van der Waals surface area contributed by atoms with E-state index in [2.05, 4.69) is 26.3 Å². The van der Waals surface area contributed by atoms with Crippen molar-refractivity contribution in [1.82, 2.24) is 21.3 Å². The van der Waals surface area contributed by atoms with E-state index in [4.69, 9.17) is 17.2 Å². The number of carbonyl (C=O) groups is 5. The van der Waals surface area contributed by atoms with Gasteiger partial charge in [0.15, 0.2) is 5.96 Å². The lowest BCUT2D eigenvalue weighted by atomic mass is 10.1. The van der Waals surface area contributed by atoms with Gasteiger partial charge in [0.25, 0.3) is 0 Å². The number of hydrogen-bond donors (Lipinski definition) is 8. The van der Waals surface area contributed by atoms with E-state index in [0.717, 1.165) is 6.42 Å². The van der Waals surface area contributed by atoms with Crippen LogP contribution in [0.3, 0.4) is 0 Å². The van der Waals surface area contributed by atoms with Gasteiger partial charge in [-0.2, -0.15) is 11.8 Å². The maximum atomic E-state index is 13.0. The number of carboxylic acid groups (broad SMARTS) is 1. The van der Waals surface area contributed by atoms with Crippen LogP contribution in [0.5, 0.6) is 0 Å². The molecule has 0 aliphatic carbocycles. The number of carboxylic acids is 1. The number of hydrogen-bond acceptors (Lipinski definition) is 8. The first-order valence-corrected chi connectivity index (χ1v) is 12.6. The fraction of sp³-hybridized carbons (Fsp3) is 0.700. The highest BCUT2D eigenvalue weighted by atomic mass is 32.2. The third-order valence-corrected chi connectivity index (χ3v) is 5.86. The topological polar surface area (TPSA) is 244 Å². The summed E-state index contributed by atoms with van der Waals surface area (Å²) in [5.41, 5.74) is 15.9. The summed E-state index contributed by atoms with van der Waals surface area (Å²) in [6.07, 6.45) is 3.32. The molecule has 1 rings (SSSR count). The fourth-order valence-electron chi connectivity index (χ4n) is 3.40. The zero-order valence-electron chi connectivity index (χ0n) is 19.7. The van der Waals surface area contributed by atoms with E-state index in [1.807, 2.05) is 0 Å². The minimum absolute atomic E-state index is 0.113. The van der Waals surface area contributed by atoms with Crippen molar-refractivity contribution in [3.63, 3.8) is 0 Å². The van der Waals surface area contributed by atoms with Crippen molar-refractivity contribution in [2.24, 2.45) is 22.2 Å². The number of aliphatic imine (C=N–C) groups is 1. The molecule has 0 aromatic heterocycles. The number of rotatable bonds is 16. The average molecular weight is 517 g/mol. The van der Waals surface area contributed by atoms with Crippen LogP contribution in [0.1, 0.15) is 38.5 Å². The molecule has 1 fully saturated rings. The molecule has 1 heterocycles. The summed E-state index contributed by atoms with van der Waals surface area (Å²) in [6, 6.07) is -4.11. The molecule has 1 aliphatic rings. The first-order chi connectivity index (χ1) is 16.5. The number of carbonyl (C=O) groups excluding carboxylic acids is 4. The van der Waals surface area contributed by atoms with Crippen molar-refractivity contribution in [2.75, 3.05) is 25.1 Å². The van der Waals surface area contributed by atoms with Gasteiger partial charge in [-0.05, 0) is 50.7 Å². The van der Waals surface area contributed by atoms with Crippen molar-refractivity contribution in [3.8, 4) is 0 Å². The predicted molar refractivity (Wildman–Crippen MR) is 131 cm³/mol. The van der Waals surface area contributed by atoms with Crippen molar-refractivity contribution >= 4 is 47.3 Å². The van der Waals surface area contributed by atoms with Gasteiger partial charge < -0.3 is 43.6 Å². The Morgan fingerprint density at radius 3 is 2.23 bits per heavy atom. The smallest absolute Gasteiger partial charge is 0.326 e. The number of nitrogens with one attached hydrogen (secondary N) is 4. The minimum atomic E-state index is -1.42. The molecule has 0 bridgehead atoms. The van der Waals surface area contributed by atoms with Gasteiger partial charge in [0, 0.05) is 6.54 Å². The van der Waals surface area contributed by atoms with Gasteiger partial charge in [0.1, 0.15) is 18.1 Å². The summed E-state index contributed by atoms with van der Waals surface area (Å²) in [4.78, 5) is 65.2. The van der Waals surface area contributed by atoms with Gasteiger partial charge in [-0.25, -0.2) is 4.79 Å². The monoisotopic (exact) mass is 516 g/mol. The molecule has 4 atom stereocenters. The number of amides is 4. The van der Waals surface area contributed by atoms with Gasteiger partial charge >= 0.3 is 5.97 Å². The second-order valence-electron chi connectivity index (χ2n) is 8.07. The molecule has 0 spiro atoms. The maximum absolute atomic E-state index is 13.0. The van der Waals surface area contributed by atoms with Gasteiger partial charge in [0.05, 0.1) is 12.5 Å². The van der Waals surface area contributed by atoms with Crippen molar-refractivity contribution < 1.29 is 29.1 Å². The van der Waals surface area contributed by atoms with Crippen molar-refractivity contribution in [3.05, 3.63) is 0 Å². The molecule has 0 aromatic carbocycles. The summed E-state index contributed by atoms with van der Waals surface area (Å²) in [5.74, 6) is -3.72. The minimum Gasteiger partial charge on any atom is -0.480 e. The quantitative estimate of drug-likeness (QED) is 0.0585. The van der Waals surface area contributed by atoms with Crippen molar-refractivity contribution in [2.45, 2.75) is 62.7 Å². The number of thioether (sulfide) groups is 1. The van der Waals surface area contributed by atoms with Gasteiger partial charge in [-0.3, -0.25) is 24.2 Å². The van der Waals surface area contributed by atoms with Crippen LogP contribution in [0, 0.1) is 0 Å². The molecule has 4 amide bonds. The molecular weight excluding hydrogens is 480 g/mol. The van der Waals surface area contributed by atoms with E-state index in [0.29, 0.717) is 25.1 Å². The maximum Gasteiger partial charge on any atom is 0.326 e. The highest BCUT2D eigenvalue weighted by molar-refractivity contribution is 7.98. The number of aliphatic carboxylic acids is 1. The normalized spacial score (nSPS) is 17.5. The number of primary amides is 1. The lowest BCUT2D eigenvalue weighted by Crippen LogP contribution is -2.57. The van der Waals surface area contributed by atoms with E-state index in [9.17, 15) is 29.1 Å². The molecule has 0 radical (unpaired) electrons. The van der Waals surface area contributed by atoms with E-state index in [1.54, 1.807) is 6.26 Å². The van der Waals surface area contributed by atoms with Crippen LogP contribution in [0.15, 0.2) is 4.99 Å². The molecule has 198 valence electrons. The molecule has 15 heteroatoms. The molecule has 1 saturated heterocycles. The molecular formula is C20H36N8O6S. The van der Waals surface area contributed by atoms with Crippen LogP contribution in [0.2, 0.25) is 0 Å². The third-order valence-electron chi connectivity index (χ3n) is 5.22. The molecule has 4 unspecified atom stereocenters. The number of nitrogens with two attached hydrogens (primary N) is 3. The second kappa shape index (κ2) is 15.8. The van der Waals surface area contributed by atoms with Gasteiger partial charge in [0.2, 0.25) is 23.6 Å². The molecule has 35 heavy (non-hydrogen) atoms. The summed E-state index contributed by atoms with van der Waals surface area (Å²) < 4.78 is 0. The van der Waals surface area contributed by atoms with Crippen LogP contribution in [0.25, 0.3) is 0 Å². The Balaban J connectivity index is 2.94. The molecule has 1 aliphatic heterocycles. The summed E-state index contributed by atoms with van der Waals surface area (Å²) >= 11 is 1.41. The summed E-state index contributed by atoms with van der Waals surface area (Å²) in [7, 11) is 0. The Bertz CT molecular complexity index is 786. The highest BCUT2D eigenvalue weighted by Crippen LogP contribution is 2.08. The van der Waals surface area contributed by atoms with Crippen LogP contribution >= 0.6 is 11.8 Å². The molecule has 11 N–H and O–H groups in total. The van der Waals surface area contributed by atoms with E-state index < -0.39 is 54.3 Å². The Kier molecular flexibility index (Phi) is 13.5. The Morgan fingerprint density at radius 1 is 1.03 bits per heavy atom. The zero-order chi connectivity index (χ0) is 26.4. The molecule has 0 aromatic rings. The summed E-state index contributed by atoms with van der Waals surface area (Å²) in [5, 5.41) is 19.8. The van der Waals surface area contributed by atoms with Crippen LogP contribution < -0.4 is 38.5 Å². The van der Waals surface area contributed by atoms with E-state index >= 15 is 0 Å². The largest absolute Gasteiger partial charge is 0.480 e. The average Bonchev–Trinajstić information content (AvgIpc) is 3.32. The van der Waals surface area contributed by atoms with Gasteiger partial charge in [-0.15, -0.1) is 0 Å². The fourth-order valence-corrected chi connectivity index (χ4v) is 3.87. The standard InChI is InChI=1S/C20H36N8O6S/c1-35-9-6-13(19(33)34)27-18(32)14(10-15(21)29)28-17(31)12(5-3-8-25-20(22)23)26-16(30)11-4-2-7-24-11/h11-14,24H,2-10H2,1H3,(H2,21,29)(H,26,30)(H,27,32)(H,28,31)(H,33,34)(H4,22,23,25). The number of guanidine groups is 1. The summed E-state index contributed by atoms with van der Waals surface area (Å²) in [6.45, 7) is 0.895. The molecule has 0 saturated carbocycles.